The molecule has 0 aliphatic heterocycles. The largest absolute Gasteiger partial charge is 0.396 e. The van der Waals surface area contributed by atoms with E-state index in [0.717, 1.165) is 0 Å². The minimum Gasteiger partial charge on any atom is -0.396 e. The summed E-state index contributed by atoms with van der Waals surface area (Å²) in [6.07, 6.45) is 2.42. The lowest BCUT2D eigenvalue weighted by Crippen LogP contribution is -2.37. The van der Waals surface area contributed by atoms with E-state index in [9.17, 15) is 8.42 Å². The summed E-state index contributed by atoms with van der Waals surface area (Å²) in [4.78, 5) is 0. The van der Waals surface area contributed by atoms with Gasteiger partial charge in [-0.3, -0.25) is 0 Å². The monoisotopic (exact) mass is 240 g/mol. The first kappa shape index (κ1) is 14.8. The number of hydrogen-bond acceptors (Lipinski definition) is 4. The molecule has 15 heavy (non-hydrogen) atoms. The Balaban J connectivity index is 3.50. The van der Waals surface area contributed by atoms with E-state index in [1.54, 1.807) is 0 Å². The number of aliphatic hydroxyl groups is 2. The van der Waals surface area contributed by atoms with Crippen LogP contribution in [0.1, 0.15) is 25.7 Å². The molecule has 0 rings (SSSR count). The van der Waals surface area contributed by atoms with Gasteiger partial charge in [-0.1, -0.05) is 0 Å². The number of hydrogen-bond donors (Lipinski definition) is 4. The molecule has 0 spiro atoms. The molecule has 0 fully saturated rings. The zero-order valence-electron chi connectivity index (χ0n) is 8.78. The summed E-state index contributed by atoms with van der Waals surface area (Å²) in [5.41, 5.74) is 0. The predicted molar refractivity (Wildman–Crippen MR) is 57.6 cm³/mol. The van der Waals surface area contributed by atoms with Crippen molar-refractivity contribution >= 4 is 10.2 Å². The van der Waals surface area contributed by atoms with E-state index in [0.29, 0.717) is 38.8 Å². The summed E-state index contributed by atoms with van der Waals surface area (Å²) in [5, 5.41) is 17.0. The topological polar surface area (TPSA) is 98.7 Å². The first-order valence-electron chi connectivity index (χ1n) is 5.08. The molecule has 4 N–H and O–H groups in total. The average molecular weight is 240 g/mol. The zero-order valence-corrected chi connectivity index (χ0v) is 9.59. The third-order valence-electron chi connectivity index (χ3n) is 1.75. The highest BCUT2D eigenvalue weighted by atomic mass is 32.2. The summed E-state index contributed by atoms with van der Waals surface area (Å²) < 4.78 is 27.1. The molecule has 7 heteroatoms. The van der Waals surface area contributed by atoms with Crippen LogP contribution in [0.2, 0.25) is 0 Å². The molecule has 0 radical (unpaired) electrons. The Morgan fingerprint density at radius 3 is 1.53 bits per heavy atom. The molecule has 0 aromatic heterocycles. The van der Waals surface area contributed by atoms with Gasteiger partial charge in [-0.05, 0) is 25.7 Å². The van der Waals surface area contributed by atoms with Crippen LogP contribution in [0.3, 0.4) is 0 Å². The van der Waals surface area contributed by atoms with Crippen LogP contribution >= 0.6 is 0 Å². The molecule has 0 saturated heterocycles. The Bertz CT molecular complexity index is 213. The van der Waals surface area contributed by atoms with Crippen LogP contribution in [-0.4, -0.2) is 44.9 Å². The number of nitrogens with one attached hydrogen (secondary N) is 2. The smallest absolute Gasteiger partial charge is 0.276 e. The molecule has 0 saturated carbocycles. The Labute approximate surface area is 90.9 Å². The van der Waals surface area contributed by atoms with Gasteiger partial charge >= 0.3 is 0 Å². The van der Waals surface area contributed by atoms with E-state index in [1.165, 1.54) is 0 Å². The molecule has 0 heterocycles. The van der Waals surface area contributed by atoms with Gasteiger partial charge in [-0.15, -0.1) is 0 Å². The maximum absolute atomic E-state index is 11.2. The van der Waals surface area contributed by atoms with Gasteiger partial charge in [0.05, 0.1) is 0 Å². The van der Waals surface area contributed by atoms with Gasteiger partial charge < -0.3 is 10.2 Å². The second-order valence-corrected chi connectivity index (χ2v) is 4.74. The summed E-state index contributed by atoms with van der Waals surface area (Å²) in [5.74, 6) is 0. The van der Waals surface area contributed by atoms with E-state index < -0.39 is 10.2 Å². The van der Waals surface area contributed by atoms with E-state index >= 15 is 0 Å². The van der Waals surface area contributed by atoms with Crippen molar-refractivity contribution in [2.75, 3.05) is 26.3 Å². The highest BCUT2D eigenvalue weighted by Crippen LogP contribution is 1.88. The minimum atomic E-state index is -3.41. The first-order valence-corrected chi connectivity index (χ1v) is 6.56. The SMILES string of the molecule is O=S(=O)(NCCCCO)NCCCCO. The molecule has 0 aliphatic rings. The molecule has 0 aromatic rings. The van der Waals surface area contributed by atoms with Crippen LogP contribution in [0.4, 0.5) is 0 Å². The van der Waals surface area contributed by atoms with Crippen LogP contribution in [-0.2, 0) is 10.2 Å². The second-order valence-electron chi connectivity index (χ2n) is 3.15. The zero-order chi connectivity index (χ0) is 11.6. The molecule has 92 valence electrons. The van der Waals surface area contributed by atoms with Crippen LogP contribution in [0, 0.1) is 0 Å². The van der Waals surface area contributed by atoms with Crippen molar-refractivity contribution in [1.82, 2.24) is 9.44 Å². The van der Waals surface area contributed by atoms with Gasteiger partial charge in [-0.25, -0.2) is 9.44 Å². The van der Waals surface area contributed by atoms with Crippen molar-refractivity contribution in [3.05, 3.63) is 0 Å². The van der Waals surface area contributed by atoms with Crippen molar-refractivity contribution < 1.29 is 18.6 Å². The first-order chi connectivity index (χ1) is 7.12. The van der Waals surface area contributed by atoms with Crippen molar-refractivity contribution in [2.45, 2.75) is 25.7 Å². The summed E-state index contributed by atoms with van der Waals surface area (Å²) >= 11 is 0. The van der Waals surface area contributed by atoms with Crippen molar-refractivity contribution in [3.8, 4) is 0 Å². The van der Waals surface area contributed by atoms with E-state index in [2.05, 4.69) is 9.44 Å². The second kappa shape index (κ2) is 9.05. The lowest BCUT2D eigenvalue weighted by Gasteiger charge is -2.07. The number of rotatable bonds is 10. The summed E-state index contributed by atoms with van der Waals surface area (Å²) in [7, 11) is -3.41. The van der Waals surface area contributed by atoms with Crippen LogP contribution in [0.15, 0.2) is 0 Å². The predicted octanol–water partition coefficient (Wildman–Crippen LogP) is -1.04. The van der Waals surface area contributed by atoms with Gasteiger partial charge in [0.25, 0.3) is 10.2 Å². The number of unbranched alkanes of at least 4 members (excludes halogenated alkanes) is 2. The van der Waals surface area contributed by atoms with Gasteiger partial charge in [0.2, 0.25) is 0 Å². The minimum absolute atomic E-state index is 0.0751. The normalized spacial score (nSPS) is 11.9. The highest BCUT2D eigenvalue weighted by Gasteiger charge is 2.06. The van der Waals surface area contributed by atoms with Crippen molar-refractivity contribution in [3.63, 3.8) is 0 Å². The maximum atomic E-state index is 11.2. The third-order valence-corrected chi connectivity index (χ3v) is 2.92. The molecular formula is C8H20N2O4S. The quantitative estimate of drug-likeness (QED) is 0.366. The number of aliphatic hydroxyl groups excluding tert-OH is 2. The van der Waals surface area contributed by atoms with Crippen molar-refractivity contribution in [2.24, 2.45) is 0 Å². The molecule has 0 atom stereocenters. The molecule has 6 nitrogen and oxygen atoms in total. The standard InChI is InChI=1S/C8H20N2O4S/c11-7-3-1-5-9-15(13,14)10-6-2-4-8-12/h9-12H,1-8H2. The fourth-order valence-electron chi connectivity index (χ4n) is 0.938. The van der Waals surface area contributed by atoms with Crippen LogP contribution in [0.5, 0.6) is 0 Å². The average Bonchev–Trinajstić information content (AvgIpc) is 2.20. The van der Waals surface area contributed by atoms with Gasteiger partial charge in [0, 0.05) is 26.3 Å². The Kier molecular flexibility index (Phi) is 8.92. The van der Waals surface area contributed by atoms with E-state index in [-0.39, 0.29) is 13.2 Å². The molecular weight excluding hydrogens is 220 g/mol. The third kappa shape index (κ3) is 10.1. The van der Waals surface area contributed by atoms with Gasteiger partial charge in [0.1, 0.15) is 0 Å². The van der Waals surface area contributed by atoms with Crippen LogP contribution in [0.25, 0.3) is 0 Å². The summed E-state index contributed by atoms with van der Waals surface area (Å²) in [6, 6.07) is 0. The van der Waals surface area contributed by atoms with Crippen LogP contribution < -0.4 is 9.44 Å². The van der Waals surface area contributed by atoms with Gasteiger partial charge in [0.15, 0.2) is 0 Å². The van der Waals surface area contributed by atoms with Crippen molar-refractivity contribution in [1.29, 1.82) is 0 Å². The molecule has 0 aromatic carbocycles. The molecule has 0 aliphatic carbocycles. The fourth-order valence-corrected chi connectivity index (χ4v) is 1.87. The lowest BCUT2D eigenvalue weighted by molar-refractivity contribution is 0.284. The lowest BCUT2D eigenvalue weighted by atomic mass is 10.3. The van der Waals surface area contributed by atoms with Gasteiger partial charge in [-0.2, -0.15) is 8.42 Å². The summed E-state index contributed by atoms with van der Waals surface area (Å²) in [6.45, 7) is 0.809. The Hall–Kier alpha value is -0.210. The molecule has 0 unspecified atom stereocenters. The molecule has 0 bridgehead atoms. The fraction of sp³-hybridized carbons (Fsp3) is 1.00. The Morgan fingerprint density at radius 2 is 1.20 bits per heavy atom. The molecule has 0 amide bonds. The highest BCUT2D eigenvalue weighted by molar-refractivity contribution is 7.87. The maximum Gasteiger partial charge on any atom is 0.276 e. The Morgan fingerprint density at radius 1 is 0.800 bits per heavy atom. The van der Waals surface area contributed by atoms with E-state index in [1.807, 2.05) is 0 Å². The van der Waals surface area contributed by atoms with E-state index in [4.69, 9.17) is 10.2 Å².